The lowest BCUT2D eigenvalue weighted by Crippen LogP contribution is -1.97. The van der Waals surface area contributed by atoms with Crippen LogP contribution in [0, 0.1) is 19.7 Å². The van der Waals surface area contributed by atoms with Crippen LogP contribution in [-0.2, 0) is 0 Å². The van der Waals surface area contributed by atoms with Crippen molar-refractivity contribution >= 4 is 10.9 Å². The van der Waals surface area contributed by atoms with E-state index in [9.17, 15) is 4.39 Å². The molecule has 0 spiro atoms. The van der Waals surface area contributed by atoms with Crippen LogP contribution in [0.4, 0.5) is 4.39 Å². The molecule has 0 bridgehead atoms. The van der Waals surface area contributed by atoms with Crippen LogP contribution in [-0.4, -0.2) is 4.98 Å². The predicted octanol–water partition coefficient (Wildman–Crippen LogP) is 5.78. The van der Waals surface area contributed by atoms with E-state index in [1.54, 1.807) is 13.0 Å². The molecule has 0 atom stereocenters. The summed E-state index contributed by atoms with van der Waals surface area (Å²) in [6.07, 6.45) is 1.96. The summed E-state index contributed by atoms with van der Waals surface area (Å²) >= 11 is 0. The van der Waals surface area contributed by atoms with E-state index >= 15 is 0 Å². The fourth-order valence-corrected chi connectivity index (χ4v) is 2.88. The standard InChI is InChI=1S/C20H20FN/c1-12(2)17-11-22-19-9-13(3)5-7-16(19)20(17)15-6-8-18(21)14(4)10-15/h5-12H,1-4H3. The summed E-state index contributed by atoms with van der Waals surface area (Å²) in [4.78, 5) is 4.62. The molecule has 0 saturated heterocycles. The van der Waals surface area contributed by atoms with Crippen LogP contribution in [0.15, 0.2) is 42.6 Å². The Morgan fingerprint density at radius 1 is 1.00 bits per heavy atom. The van der Waals surface area contributed by atoms with Gasteiger partial charge in [-0.05, 0) is 65.8 Å². The summed E-state index contributed by atoms with van der Waals surface area (Å²) in [6, 6.07) is 11.7. The van der Waals surface area contributed by atoms with E-state index in [2.05, 4.69) is 44.0 Å². The number of nitrogens with zero attached hydrogens (tertiary/aromatic N) is 1. The van der Waals surface area contributed by atoms with Crippen molar-refractivity contribution in [1.29, 1.82) is 0 Å². The number of halogens is 1. The minimum Gasteiger partial charge on any atom is -0.256 e. The molecule has 1 heterocycles. The van der Waals surface area contributed by atoms with Crippen molar-refractivity contribution in [2.75, 3.05) is 0 Å². The van der Waals surface area contributed by atoms with Gasteiger partial charge in [-0.2, -0.15) is 0 Å². The Morgan fingerprint density at radius 2 is 1.77 bits per heavy atom. The molecule has 0 aliphatic heterocycles. The maximum atomic E-state index is 13.6. The molecule has 22 heavy (non-hydrogen) atoms. The smallest absolute Gasteiger partial charge is 0.126 e. The van der Waals surface area contributed by atoms with Crippen molar-refractivity contribution in [2.45, 2.75) is 33.6 Å². The lowest BCUT2D eigenvalue weighted by Gasteiger charge is -2.16. The van der Waals surface area contributed by atoms with E-state index in [0.29, 0.717) is 11.5 Å². The largest absolute Gasteiger partial charge is 0.256 e. The molecule has 3 rings (SSSR count). The highest BCUT2D eigenvalue weighted by Crippen LogP contribution is 2.35. The Hall–Kier alpha value is -2.22. The third-order valence-corrected chi connectivity index (χ3v) is 4.12. The molecule has 3 aromatic rings. The number of rotatable bonds is 2. The van der Waals surface area contributed by atoms with E-state index in [-0.39, 0.29) is 5.82 Å². The van der Waals surface area contributed by atoms with Gasteiger partial charge in [-0.3, -0.25) is 4.98 Å². The number of hydrogen-bond donors (Lipinski definition) is 0. The van der Waals surface area contributed by atoms with Crippen LogP contribution >= 0.6 is 0 Å². The average Bonchev–Trinajstić information content (AvgIpc) is 2.48. The monoisotopic (exact) mass is 293 g/mol. The van der Waals surface area contributed by atoms with E-state index in [4.69, 9.17) is 0 Å². The number of pyridine rings is 1. The minimum absolute atomic E-state index is 0.163. The molecule has 1 nitrogen and oxygen atoms in total. The molecular weight excluding hydrogens is 273 g/mol. The molecule has 0 fully saturated rings. The Morgan fingerprint density at radius 3 is 2.45 bits per heavy atom. The van der Waals surface area contributed by atoms with Gasteiger partial charge in [0.25, 0.3) is 0 Å². The summed E-state index contributed by atoms with van der Waals surface area (Å²) in [5, 5.41) is 1.13. The first-order valence-corrected chi connectivity index (χ1v) is 7.63. The van der Waals surface area contributed by atoms with E-state index in [1.165, 1.54) is 16.7 Å². The van der Waals surface area contributed by atoms with Crippen LogP contribution in [0.1, 0.15) is 36.5 Å². The van der Waals surface area contributed by atoms with Gasteiger partial charge in [0, 0.05) is 11.6 Å². The number of aryl methyl sites for hydroxylation is 2. The van der Waals surface area contributed by atoms with Crippen molar-refractivity contribution < 1.29 is 4.39 Å². The maximum absolute atomic E-state index is 13.6. The van der Waals surface area contributed by atoms with Gasteiger partial charge < -0.3 is 0 Å². The number of fused-ring (bicyclic) bond motifs is 1. The minimum atomic E-state index is -0.163. The molecule has 0 unspecified atom stereocenters. The average molecular weight is 293 g/mol. The molecule has 1 aromatic heterocycles. The Kier molecular flexibility index (Phi) is 3.69. The van der Waals surface area contributed by atoms with Crippen molar-refractivity contribution in [3.63, 3.8) is 0 Å². The molecule has 2 heteroatoms. The lowest BCUT2D eigenvalue weighted by atomic mass is 9.90. The van der Waals surface area contributed by atoms with Gasteiger partial charge in [0.2, 0.25) is 0 Å². The van der Waals surface area contributed by atoms with Crippen molar-refractivity contribution in [3.05, 3.63) is 65.1 Å². The second-order valence-electron chi connectivity index (χ2n) is 6.23. The first-order valence-electron chi connectivity index (χ1n) is 7.63. The first kappa shape index (κ1) is 14.7. The second kappa shape index (κ2) is 5.53. The predicted molar refractivity (Wildman–Crippen MR) is 90.7 cm³/mol. The van der Waals surface area contributed by atoms with Crippen LogP contribution in [0.3, 0.4) is 0 Å². The lowest BCUT2D eigenvalue weighted by molar-refractivity contribution is 0.619. The van der Waals surface area contributed by atoms with Gasteiger partial charge in [-0.25, -0.2) is 4.39 Å². The van der Waals surface area contributed by atoms with Gasteiger partial charge in [0.15, 0.2) is 0 Å². The molecule has 0 amide bonds. The van der Waals surface area contributed by atoms with Gasteiger partial charge in [-0.1, -0.05) is 32.0 Å². The highest BCUT2D eigenvalue weighted by Gasteiger charge is 2.14. The Labute approximate surface area is 130 Å². The van der Waals surface area contributed by atoms with Crippen LogP contribution in [0.2, 0.25) is 0 Å². The number of hydrogen-bond acceptors (Lipinski definition) is 1. The van der Waals surface area contributed by atoms with Crippen molar-refractivity contribution in [2.24, 2.45) is 0 Å². The van der Waals surface area contributed by atoms with Crippen molar-refractivity contribution in [1.82, 2.24) is 4.98 Å². The summed E-state index contributed by atoms with van der Waals surface area (Å²) in [6.45, 7) is 8.20. The van der Waals surface area contributed by atoms with Crippen LogP contribution in [0.25, 0.3) is 22.0 Å². The van der Waals surface area contributed by atoms with E-state index in [1.807, 2.05) is 18.3 Å². The SMILES string of the molecule is Cc1ccc2c(-c3ccc(F)c(C)c3)c(C(C)C)cnc2c1. The molecule has 2 aromatic carbocycles. The topological polar surface area (TPSA) is 12.9 Å². The zero-order valence-corrected chi connectivity index (χ0v) is 13.4. The highest BCUT2D eigenvalue weighted by atomic mass is 19.1. The zero-order valence-electron chi connectivity index (χ0n) is 13.4. The summed E-state index contributed by atoms with van der Waals surface area (Å²) in [5.74, 6) is 0.197. The Bertz CT molecular complexity index is 850. The molecule has 0 radical (unpaired) electrons. The maximum Gasteiger partial charge on any atom is 0.126 e. The normalized spacial score (nSPS) is 11.4. The van der Waals surface area contributed by atoms with Crippen LogP contribution < -0.4 is 0 Å². The molecule has 0 aliphatic carbocycles. The van der Waals surface area contributed by atoms with Gasteiger partial charge in [0.1, 0.15) is 5.82 Å². The second-order valence-corrected chi connectivity index (χ2v) is 6.23. The fourth-order valence-electron chi connectivity index (χ4n) is 2.88. The molecule has 0 saturated carbocycles. The zero-order chi connectivity index (χ0) is 15.9. The van der Waals surface area contributed by atoms with Crippen LogP contribution in [0.5, 0.6) is 0 Å². The number of benzene rings is 2. The third-order valence-electron chi connectivity index (χ3n) is 4.12. The van der Waals surface area contributed by atoms with E-state index in [0.717, 1.165) is 16.5 Å². The summed E-state index contributed by atoms with van der Waals surface area (Å²) in [7, 11) is 0. The molecule has 112 valence electrons. The first-order chi connectivity index (χ1) is 10.5. The van der Waals surface area contributed by atoms with Gasteiger partial charge >= 0.3 is 0 Å². The fraction of sp³-hybridized carbons (Fsp3) is 0.250. The number of aromatic nitrogens is 1. The summed E-state index contributed by atoms with van der Waals surface area (Å²) in [5.41, 5.74) is 6.27. The Balaban J connectivity index is 2.37. The van der Waals surface area contributed by atoms with Crippen molar-refractivity contribution in [3.8, 4) is 11.1 Å². The highest BCUT2D eigenvalue weighted by molar-refractivity contribution is 5.96. The molecule has 0 aliphatic rings. The third kappa shape index (κ3) is 2.50. The van der Waals surface area contributed by atoms with Gasteiger partial charge in [-0.15, -0.1) is 0 Å². The van der Waals surface area contributed by atoms with E-state index < -0.39 is 0 Å². The van der Waals surface area contributed by atoms with Gasteiger partial charge in [0.05, 0.1) is 5.52 Å². The quantitative estimate of drug-likeness (QED) is 0.583. The molecular formula is C20H20FN. The summed E-state index contributed by atoms with van der Waals surface area (Å²) < 4.78 is 13.6. The molecule has 0 N–H and O–H groups in total.